The number of hydrogen-bond acceptors (Lipinski definition) is 14. The fourth-order valence-corrected chi connectivity index (χ4v) is 6.94. The van der Waals surface area contributed by atoms with Gasteiger partial charge in [0, 0.05) is 24.2 Å². The van der Waals surface area contributed by atoms with Gasteiger partial charge in [-0.3, -0.25) is 19.8 Å². The minimum Gasteiger partial charge on any atom is -0.505 e. The molecule has 8 rings (SSSR count). The highest BCUT2D eigenvalue weighted by Gasteiger charge is 2.17. The average Bonchev–Trinajstić information content (AvgIpc) is 3.85. The molecule has 0 fully saturated rings. The fraction of sp³-hybridized carbons (Fsp3) is 0.185. The fourth-order valence-electron chi connectivity index (χ4n) is 6.94. The molecule has 74 heavy (non-hydrogen) atoms. The first-order valence-corrected chi connectivity index (χ1v) is 22.9. The van der Waals surface area contributed by atoms with Crippen LogP contribution in [0, 0.1) is 41.5 Å². The van der Waals surface area contributed by atoms with Gasteiger partial charge in [-0.05, 0) is 136 Å². The standard InChI is InChI=1S/2C25H22N4O4.2C2H7NO/c2*1-14-10-11-19(12-15(14)2)29-24(31)22(16(3)28-29)27-26-21-9-5-8-20(23(21)30)17-6-4-7-18(13-17)25(32)33;2*3-1-2-4/h2*4-13,28,30H,1-3H3,(H,32,33);2*4H,1-3H2. The topological polar surface area (TPSA) is 333 Å². The summed E-state index contributed by atoms with van der Waals surface area (Å²) < 4.78 is 2.81. The number of nitrogens with one attached hydrogen (secondary N) is 2. The zero-order valence-electron chi connectivity index (χ0n) is 41.5. The maximum atomic E-state index is 12.9. The quantitative estimate of drug-likeness (QED) is 0.0513. The third-order valence-electron chi connectivity index (χ3n) is 11.2. The lowest BCUT2D eigenvalue weighted by Crippen LogP contribution is -2.14. The number of aryl methyl sites for hydroxylation is 6. The van der Waals surface area contributed by atoms with Crippen LogP contribution in [0.4, 0.5) is 22.7 Å². The Morgan fingerprint density at radius 3 is 1.18 bits per heavy atom. The Morgan fingerprint density at radius 2 is 0.851 bits per heavy atom. The van der Waals surface area contributed by atoms with Crippen LogP contribution in [0.25, 0.3) is 33.6 Å². The van der Waals surface area contributed by atoms with Gasteiger partial charge >= 0.3 is 11.9 Å². The Hall–Kier alpha value is -9.08. The Balaban J connectivity index is 0.000000239. The molecule has 0 saturated carbocycles. The lowest BCUT2D eigenvalue weighted by molar-refractivity contribution is 0.0686. The zero-order chi connectivity index (χ0) is 54.2. The third-order valence-corrected chi connectivity index (χ3v) is 11.2. The number of phenols is 2. The minimum absolute atomic E-state index is 0.0972. The Labute approximate surface area is 424 Å². The first kappa shape index (κ1) is 55.8. The summed E-state index contributed by atoms with van der Waals surface area (Å²) in [5.41, 5.74) is 18.3. The molecule has 12 N–H and O–H groups in total. The van der Waals surface area contributed by atoms with Crippen LogP contribution in [0.2, 0.25) is 0 Å². The van der Waals surface area contributed by atoms with Crippen LogP contribution in [-0.4, -0.2) is 88.4 Å². The number of carboxylic acids is 2. The number of carboxylic acid groups (broad SMARTS) is 2. The van der Waals surface area contributed by atoms with Crippen molar-refractivity contribution >= 4 is 34.7 Å². The molecule has 2 aromatic heterocycles. The molecule has 20 nitrogen and oxygen atoms in total. The number of azo groups is 2. The molecular formula is C54H58N10O10. The summed E-state index contributed by atoms with van der Waals surface area (Å²) in [5, 5.41) is 77.9. The van der Waals surface area contributed by atoms with Crippen LogP contribution in [0.15, 0.2) is 151 Å². The highest BCUT2D eigenvalue weighted by Crippen LogP contribution is 2.39. The summed E-state index contributed by atoms with van der Waals surface area (Å²) in [6, 6.07) is 33.7. The van der Waals surface area contributed by atoms with E-state index >= 15 is 0 Å². The van der Waals surface area contributed by atoms with E-state index in [1.54, 1.807) is 74.5 Å². The van der Waals surface area contributed by atoms with Crippen molar-refractivity contribution in [2.45, 2.75) is 41.5 Å². The number of para-hydroxylation sites is 2. The van der Waals surface area contributed by atoms with Crippen molar-refractivity contribution in [3.05, 3.63) is 187 Å². The molecule has 6 aromatic carbocycles. The maximum absolute atomic E-state index is 12.9. The number of aliphatic hydroxyl groups excluding tert-OH is 2. The van der Waals surface area contributed by atoms with E-state index < -0.39 is 11.9 Å². The molecule has 0 aliphatic rings. The molecule has 0 spiro atoms. The number of aromatic nitrogens is 4. The average molecular weight is 1010 g/mol. The molecule has 0 radical (unpaired) electrons. The highest BCUT2D eigenvalue weighted by atomic mass is 16.4. The van der Waals surface area contributed by atoms with Crippen molar-refractivity contribution in [1.29, 1.82) is 0 Å². The molecule has 0 unspecified atom stereocenters. The number of carbonyl (C=O) groups is 2. The number of aromatic amines is 2. The number of H-pyrrole nitrogens is 2. The van der Waals surface area contributed by atoms with Crippen molar-refractivity contribution in [3.8, 4) is 45.1 Å². The van der Waals surface area contributed by atoms with E-state index in [4.69, 9.17) is 21.7 Å². The lowest BCUT2D eigenvalue weighted by atomic mass is 10.0. The number of nitrogens with two attached hydrogens (primary N) is 2. The number of nitrogens with zero attached hydrogens (tertiary/aromatic N) is 6. The molecule has 8 aromatic rings. The number of aromatic carboxylic acids is 2. The molecular weight excluding hydrogens is 949 g/mol. The van der Waals surface area contributed by atoms with Gasteiger partial charge in [0.05, 0.1) is 47.1 Å². The first-order chi connectivity index (χ1) is 35.3. The molecule has 0 saturated heterocycles. The summed E-state index contributed by atoms with van der Waals surface area (Å²) in [4.78, 5) is 48.4. The molecule has 0 aliphatic heterocycles. The summed E-state index contributed by atoms with van der Waals surface area (Å²) >= 11 is 0. The first-order valence-electron chi connectivity index (χ1n) is 22.9. The Kier molecular flexibility index (Phi) is 19.5. The smallest absolute Gasteiger partial charge is 0.335 e. The number of aliphatic hydroxyl groups is 2. The van der Waals surface area contributed by atoms with Gasteiger partial charge < -0.3 is 42.1 Å². The molecule has 20 heteroatoms. The van der Waals surface area contributed by atoms with Crippen molar-refractivity contribution in [3.63, 3.8) is 0 Å². The van der Waals surface area contributed by atoms with Gasteiger partial charge in [-0.1, -0.05) is 60.7 Å². The third kappa shape index (κ3) is 13.7. The summed E-state index contributed by atoms with van der Waals surface area (Å²) in [6.07, 6.45) is 0. The van der Waals surface area contributed by atoms with E-state index in [1.165, 1.54) is 33.6 Å². The minimum atomic E-state index is -1.06. The van der Waals surface area contributed by atoms with Crippen molar-refractivity contribution in [2.75, 3.05) is 26.3 Å². The Morgan fingerprint density at radius 1 is 0.500 bits per heavy atom. The predicted octanol–water partition coefficient (Wildman–Crippen LogP) is 9.03. The van der Waals surface area contributed by atoms with E-state index in [0.29, 0.717) is 58.1 Å². The van der Waals surface area contributed by atoms with Crippen LogP contribution in [0.5, 0.6) is 11.5 Å². The largest absolute Gasteiger partial charge is 0.505 e. The summed E-state index contributed by atoms with van der Waals surface area (Å²) in [5.74, 6) is -2.44. The van der Waals surface area contributed by atoms with Crippen LogP contribution in [0.3, 0.4) is 0 Å². The zero-order valence-corrected chi connectivity index (χ0v) is 41.5. The predicted molar refractivity (Wildman–Crippen MR) is 283 cm³/mol. The van der Waals surface area contributed by atoms with Gasteiger partial charge in [-0.15, -0.1) is 20.5 Å². The van der Waals surface area contributed by atoms with E-state index in [2.05, 4.69) is 30.7 Å². The molecule has 0 atom stereocenters. The van der Waals surface area contributed by atoms with E-state index in [9.17, 15) is 39.6 Å². The second kappa shape index (κ2) is 25.9. The van der Waals surface area contributed by atoms with Gasteiger partial charge in [0.25, 0.3) is 11.1 Å². The summed E-state index contributed by atoms with van der Waals surface area (Å²) in [6.45, 7) is 12.3. The number of benzene rings is 6. The van der Waals surface area contributed by atoms with Crippen LogP contribution in [0.1, 0.15) is 54.4 Å². The van der Waals surface area contributed by atoms with Gasteiger partial charge in [-0.25, -0.2) is 19.0 Å². The van der Waals surface area contributed by atoms with Crippen molar-refractivity contribution in [1.82, 2.24) is 19.6 Å². The molecule has 0 amide bonds. The van der Waals surface area contributed by atoms with Crippen LogP contribution in [-0.2, 0) is 0 Å². The second-order valence-corrected chi connectivity index (χ2v) is 16.5. The van der Waals surface area contributed by atoms with Crippen molar-refractivity contribution < 1.29 is 40.2 Å². The van der Waals surface area contributed by atoms with Gasteiger partial charge in [-0.2, -0.15) is 0 Å². The van der Waals surface area contributed by atoms with Gasteiger partial charge in [0.15, 0.2) is 22.9 Å². The number of hydrogen-bond donors (Lipinski definition) is 10. The lowest BCUT2D eigenvalue weighted by Gasteiger charge is -2.07. The molecule has 0 aliphatic carbocycles. The number of aromatic hydroxyl groups is 2. The summed E-state index contributed by atoms with van der Waals surface area (Å²) in [7, 11) is 0. The second-order valence-electron chi connectivity index (χ2n) is 16.5. The maximum Gasteiger partial charge on any atom is 0.335 e. The van der Waals surface area contributed by atoms with E-state index in [-0.39, 0.29) is 69.7 Å². The SMILES string of the molecule is Cc1ccc(-n2[nH]c(C)c(N=Nc3cccc(-c4cccc(C(=O)O)c4)c3O)c2=O)cc1C.Cc1ccc(-n2[nH]c(C)c(N=Nc3cccc(-c4cccc(C(=O)O)c4)c3O)c2=O)cc1C.NCCO.NCCO. The molecule has 0 bridgehead atoms. The van der Waals surface area contributed by atoms with Crippen molar-refractivity contribution in [2.24, 2.45) is 31.9 Å². The van der Waals surface area contributed by atoms with E-state index in [0.717, 1.165) is 22.3 Å². The Bertz CT molecular complexity index is 3230. The number of phenolic OH excluding ortho intramolecular Hbond substituents is 2. The molecule has 2 heterocycles. The van der Waals surface area contributed by atoms with Gasteiger partial charge in [0.1, 0.15) is 11.4 Å². The van der Waals surface area contributed by atoms with Crippen LogP contribution < -0.4 is 22.6 Å². The number of rotatable bonds is 12. The van der Waals surface area contributed by atoms with Gasteiger partial charge in [0.2, 0.25) is 0 Å². The highest BCUT2D eigenvalue weighted by molar-refractivity contribution is 5.91. The molecule has 384 valence electrons. The van der Waals surface area contributed by atoms with E-state index in [1.807, 2.05) is 64.1 Å². The normalized spacial score (nSPS) is 10.8. The monoisotopic (exact) mass is 1010 g/mol. The van der Waals surface area contributed by atoms with Crippen LogP contribution >= 0.6 is 0 Å².